The molecule has 2 aromatic rings. The van der Waals surface area contributed by atoms with Crippen molar-refractivity contribution in [1.82, 2.24) is 15.5 Å². The second-order valence-electron chi connectivity index (χ2n) is 4.33. The Morgan fingerprint density at radius 3 is 2.61 bits per heavy atom. The summed E-state index contributed by atoms with van der Waals surface area (Å²) in [5.41, 5.74) is 1.10. The van der Waals surface area contributed by atoms with E-state index >= 15 is 0 Å². The number of halogens is 1. The summed E-state index contributed by atoms with van der Waals surface area (Å²) >= 11 is 0. The minimum Gasteiger partial charge on any atom is -0.424 e. The highest BCUT2D eigenvalue weighted by molar-refractivity contribution is 5.16. The van der Waals surface area contributed by atoms with Gasteiger partial charge in [-0.25, -0.2) is 4.39 Å². The van der Waals surface area contributed by atoms with Crippen LogP contribution in [0.5, 0.6) is 0 Å². The van der Waals surface area contributed by atoms with E-state index in [0.29, 0.717) is 18.3 Å². The average molecular weight is 249 g/mol. The predicted molar refractivity (Wildman–Crippen MR) is 65.4 cm³/mol. The molecule has 0 aliphatic heterocycles. The second kappa shape index (κ2) is 5.73. The van der Waals surface area contributed by atoms with E-state index < -0.39 is 0 Å². The monoisotopic (exact) mass is 249 g/mol. The lowest BCUT2D eigenvalue weighted by atomic mass is 10.1. The van der Waals surface area contributed by atoms with Crippen LogP contribution in [0.25, 0.3) is 0 Å². The number of nitrogens with one attached hydrogen (secondary N) is 1. The van der Waals surface area contributed by atoms with Crippen LogP contribution in [-0.4, -0.2) is 16.2 Å². The van der Waals surface area contributed by atoms with Crippen molar-refractivity contribution >= 4 is 0 Å². The Morgan fingerprint density at radius 1 is 1.28 bits per heavy atom. The van der Waals surface area contributed by atoms with E-state index in [-0.39, 0.29) is 11.9 Å². The quantitative estimate of drug-likeness (QED) is 0.883. The number of nitrogens with zero attached hydrogens (tertiary/aromatic N) is 2. The van der Waals surface area contributed by atoms with Crippen LogP contribution in [0.3, 0.4) is 0 Å². The highest BCUT2D eigenvalue weighted by atomic mass is 19.1. The third kappa shape index (κ3) is 3.63. The van der Waals surface area contributed by atoms with Crippen molar-refractivity contribution in [3.63, 3.8) is 0 Å². The molecular formula is C13H16FN3O. The van der Waals surface area contributed by atoms with Crippen molar-refractivity contribution < 1.29 is 8.81 Å². The summed E-state index contributed by atoms with van der Waals surface area (Å²) in [5.74, 6) is 0.942. The molecule has 0 saturated heterocycles. The standard InChI is InChI=1S/C13H16FN3O/c1-9(7-11-3-5-12(14)6-4-11)15-8-13-17-16-10(2)18-13/h3-6,9,15H,7-8H2,1-2H3. The lowest BCUT2D eigenvalue weighted by Crippen LogP contribution is -2.27. The molecule has 0 amide bonds. The maximum Gasteiger partial charge on any atom is 0.230 e. The lowest BCUT2D eigenvalue weighted by molar-refractivity contribution is 0.426. The Kier molecular flexibility index (Phi) is 4.04. The number of hydrogen-bond acceptors (Lipinski definition) is 4. The fourth-order valence-corrected chi connectivity index (χ4v) is 1.72. The molecule has 96 valence electrons. The minimum atomic E-state index is -0.208. The third-order valence-corrected chi connectivity index (χ3v) is 2.62. The van der Waals surface area contributed by atoms with E-state index in [1.807, 2.05) is 0 Å². The average Bonchev–Trinajstić information content (AvgIpc) is 2.76. The molecule has 1 heterocycles. The zero-order chi connectivity index (χ0) is 13.0. The van der Waals surface area contributed by atoms with Gasteiger partial charge in [0.05, 0.1) is 6.54 Å². The highest BCUT2D eigenvalue weighted by Crippen LogP contribution is 2.06. The lowest BCUT2D eigenvalue weighted by Gasteiger charge is -2.12. The predicted octanol–water partition coefficient (Wildman–Crippen LogP) is 2.24. The summed E-state index contributed by atoms with van der Waals surface area (Å²) in [6.07, 6.45) is 0.827. The van der Waals surface area contributed by atoms with E-state index in [9.17, 15) is 4.39 Å². The topological polar surface area (TPSA) is 51.0 Å². The fraction of sp³-hybridized carbons (Fsp3) is 0.385. The first-order chi connectivity index (χ1) is 8.63. The fourth-order valence-electron chi connectivity index (χ4n) is 1.72. The molecule has 1 aromatic heterocycles. The molecule has 0 aliphatic carbocycles. The Hall–Kier alpha value is -1.75. The second-order valence-corrected chi connectivity index (χ2v) is 4.33. The number of aryl methyl sites for hydroxylation is 1. The Labute approximate surface area is 105 Å². The van der Waals surface area contributed by atoms with Crippen LogP contribution in [0.1, 0.15) is 24.3 Å². The minimum absolute atomic E-state index is 0.208. The van der Waals surface area contributed by atoms with E-state index in [0.717, 1.165) is 12.0 Å². The van der Waals surface area contributed by atoms with Gasteiger partial charge in [-0.1, -0.05) is 12.1 Å². The Bertz CT molecular complexity index is 495. The molecule has 0 aliphatic rings. The normalized spacial score (nSPS) is 12.6. The first-order valence-corrected chi connectivity index (χ1v) is 5.90. The SMILES string of the molecule is Cc1nnc(CNC(C)Cc2ccc(F)cc2)o1. The first kappa shape index (κ1) is 12.7. The van der Waals surface area contributed by atoms with Crippen LogP contribution in [0.2, 0.25) is 0 Å². The molecule has 5 heteroatoms. The molecule has 2 rings (SSSR count). The summed E-state index contributed by atoms with van der Waals surface area (Å²) in [5, 5.41) is 11.0. The molecule has 0 saturated carbocycles. The van der Waals surface area contributed by atoms with Crippen LogP contribution in [0, 0.1) is 12.7 Å². The zero-order valence-corrected chi connectivity index (χ0v) is 10.5. The van der Waals surface area contributed by atoms with Gasteiger partial charge in [-0.15, -0.1) is 10.2 Å². The van der Waals surface area contributed by atoms with Crippen molar-refractivity contribution in [1.29, 1.82) is 0 Å². The summed E-state index contributed by atoms with van der Waals surface area (Å²) in [7, 11) is 0. The zero-order valence-electron chi connectivity index (χ0n) is 10.5. The van der Waals surface area contributed by atoms with Gasteiger partial charge in [-0.3, -0.25) is 0 Å². The molecule has 0 spiro atoms. The molecule has 1 N–H and O–H groups in total. The molecule has 0 radical (unpaired) electrons. The van der Waals surface area contributed by atoms with Gasteiger partial charge in [0.1, 0.15) is 5.82 Å². The number of rotatable bonds is 5. The summed E-state index contributed by atoms with van der Waals surface area (Å²) < 4.78 is 18.0. The molecule has 1 unspecified atom stereocenters. The van der Waals surface area contributed by atoms with Crippen molar-refractivity contribution in [2.75, 3.05) is 0 Å². The van der Waals surface area contributed by atoms with E-state index in [1.165, 1.54) is 12.1 Å². The highest BCUT2D eigenvalue weighted by Gasteiger charge is 2.06. The number of hydrogen-bond donors (Lipinski definition) is 1. The first-order valence-electron chi connectivity index (χ1n) is 5.90. The van der Waals surface area contributed by atoms with Crippen LogP contribution in [0.15, 0.2) is 28.7 Å². The maximum absolute atomic E-state index is 12.8. The van der Waals surface area contributed by atoms with Crippen LogP contribution < -0.4 is 5.32 Å². The smallest absolute Gasteiger partial charge is 0.230 e. The molecule has 1 aromatic carbocycles. The molecule has 0 fully saturated rings. The number of aromatic nitrogens is 2. The van der Waals surface area contributed by atoms with Gasteiger partial charge in [-0.05, 0) is 31.0 Å². The van der Waals surface area contributed by atoms with Crippen molar-refractivity contribution in [3.05, 3.63) is 47.4 Å². The molecular weight excluding hydrogens is 233 g/mol. The molecule has 1 atom stereocenters. The van der Waals surface area contributed by atoms with Crippen LogP contribution in [-0.2, 0) is 13.0 Å². The van der Waals surface area contributed by atoms with Gasteiger partial charge in [-0.2, -0.15) is 0 Å². The molecule has 4 nitrogen and oxygen atoms in total. The molecule has 0 bridgehead atoms. The van der Waals surface area contributed by atoms with Gasteiger partial charge in [0.15, 0.2) is 0 Å². The number of benzene rings is 1. The summed E-state index contributed by atoms with van der Waals surface area (Å²) in [4.78, 5) is 0. The van der Waals surface area contributed by atoms with Gasteiger partial charge in [0, 0.05) is 13.0 Å². The molecule has 18 heavy (non-hydrogen) atoms. The summed E-state index contributed by atoms with van der Waals surface area (Å²) in [6.45, 7) is 4.37. The Balaban J connectivity index is 1.81. The van der Waals surface area contributed by atoms with E-state index in [1.54, 1.807) is 19.1 Å². The van der Waals surface area contributed by atoms with Crippen molar-refractivity contribution in [2.24, 2.45) is 0 Å². The van der Waals surface area contributed by atoms with Crippen LogP contribution >= 0.6 is 0 Å². The van der Waals surface area contributed by atoms with Crippen molar-refractivity contribution in [3.8, 4) is 0 Å². The maximum atomic E-state index is 12.8. The van der Waals surface area contributed by atoms with E-state index in [2.05, 4.69) is 22.4 Å². The largest absolute Gasteiger partial charge is 0.424 e. The van der Waals surface area contributed by atoms with Gasteiger partial charge < -0.3 is 9.73 Å². The van der Waals surface area contributed by atoms with Crippen molar-refractivity contribution in [2.45, 2.75) is 32.9 Å². The Morgan fingerprint density at radius 2 is 2.00 bits per heavy atom. The van der Waals surface area contributed by atoms with Gasteiger partial charge in [0.25, 0.3) is 0 Å². The van der Waals surface area contributed by atoms with E-state index in [4.69, 9.17) is 4.42 Å². The van der Waals surface area contributed by atoms with Gasteiger partial charge >= 0.3 is 0 Å². The summed E-state index contributed by atoms with van der Waals surface area (Å²) in [6, 6.07) is 6.80. The van der Waals surface area contributed by atoms with Gasteiger partial charge in [0.2, 0.25) is 11.8 Å². The van der Waals surface area contributed by atoms with Crippen LogP contribution in [0.4, 0.5) is 4.39 Å². The third-order valence-electron chi connectivity index (χ3n) is 2.62.